The third kappa shape index (κ3) is 3.40. The zero-order valence-electron chi connectivity index (χ0n) is 12.2. The molecule has 21 heavy (non-hydrogen) atoms. The van der Waals surface area contributed by atoms with Crippen molar-refractivity contribution in [2.24, 2.45) is 0 Å². The van der Waals surface area contributed by atoms with E-state index in [1.54, 1.807) is 20.1 Å². The predicted octanol–water partition coefficient (Wildman–Crippen LogP) is 1.94. The predicted molar refractivity (Wildman–Crippen MR) is 80.9 cm³/mol. The highest BCUT2D eigenvalue weighted by Crippen LogP contribution is 2.29. The first kappa shape index (κ1) is 16.7. The molecule has 118 valence electrons. The van der Waals surface area contributed by atoms with Crippen LogP contribution in [0.2, 0.25) is 5.02 Å². The number of nitrogens with zero attached hydrogens (tertiary/aromatic N) is 1. The Morgan fingerprint density at radius 1 is 1.38 bits per heavy atom. The number of sulfonamides is 1. The van der Waals surface area contributed by atoms with Crippen molar-refractivity contribution in [3.63, 3.8) is 0 Å². The number of hydrogen-bond donors (Lipinski definition) is 1. The van der Waals surface area contributed by atoms with E-state index in [-0.39, 0.29) is 17.6 Å². The summed E-state index contributed by atoms with van der Waals surface area (Å²) in [6, 6.07) is 3.04. The van der Waals surface area contributed by atoms with E-state index in [0.717, 1.165) is 0 Å². The molecule has 0 aromatic heterocycles. The fraction of sp³-hybridized carbons (Fsp3) is 0.571. The molecule has 7 heteroatoms. The normalized spacial score (nSPS) is 18.1. The van der Waals surface area contributed by atoms with Crippen molar-refractivity contribution in [3.05, 3.63) is 28.3 Å². The molecule has 0 saturated carbocycles. The van der Waals surface area contributed by atoms with E-state index in [1.165, 1.54) is 10.4 Å². The number of hydrogen-bond acceptors (Lipinski definition) is 4. The molecule has 0 spiro atoms. The maximum Gasteiger partial charge on any atom is 0.243 e. The van der Waals surface area contributed by atoms with Crippen molar-refractivity contribution in [1.29, 1.82) is 0 Å². The summed E-state index contributed by atoms with van der Waals surface area (Å²) in [6.07, 6.45) is 1.48. The van der Waals surface area contributed by atoms with Gasteiger partial charge in [-0.25, -0.2) is 8.42 Å². The first-order valence-electron chi connectivity index (χ1n) is 6.83. The second-order valence-corrected chi connectivity index (χ2v) is 7.53. The van der Waals surface area contributed by atoms with Crippen LogP contribution >= 0.6 is 11.6 Å². The van der Waals surface area contributed by atoms with Crippen LogP contribution in [-0.2, 0) is 21.4 Å². The number of ether oxygens (including phenoxy) is 1. The Hall–Kier alpha value is -0.660. The van der Waals surface area contributed by atoms with Gasteiger partial charge in [0.2, 0.25) is 10.0 Å². The van der Waals surface area contributed by atoms with Gasteiger partial charge in [0.25, 0.3) is 0 Å². The Morgan fingerprint density at radius 3 is 2.52 bits per heavy atom. The summed E-state index contributed by atoms with van der Waals surface area (Å²) in [4.78, 5) is 0.176. The molecule has 5 nitrogen and oxygen atoms in total. The topological polar surface area (TPSA) is 66.8 Å². The van der Waals surface area contributed by atoms with E-state index >= 15 is 0 Å². The molecule has 1 aliphatic rings. The number of aliphatic hydroxyl groups excluding tert-OH is 1. The van der Waals surface area contributed by atoms with Crippen LogP contribution in [0.3, 0.4) is 0 Å². The number of aliphatic hydroxyl groups is 1. The van der Waals surface area contributed by atoms with Crippen molar-refractivity contribution < 1.29 is 18.3 Å². The summed E-state index contributed by atoms with van der Waals surface area (Å²) < 4.78 is 32.3. The second kappa shape index (κ2) is 6.62. The lowest BCUT2D eigenvalue weighted by Crippen LogP contribution is -2.40. The van der Waals surface area contributed by atoms with Crippen molar-refractivity contribution >= 4 is 21.6 Å². The van der Waals surface area contributed by atoms with Gasteiger partial charge < -0.3 is 9.84 Å². The molecule has 0 bridgehead atoms. The maximum atomic E-state index is 12.8. The minimum atomic E-state index is -3.60. The summed E-state index contributed by atoms with van der Waals surface area (Å²) in [5, 5.41) is 9.64. The number of rotatable bonds is 4. The van der Waals surface area contributed by atoms with E-state index in [0.29, 0.717) is 42.1 Å². The molecule has 0 atom stereocenters. The molecule has 0 aliphatic carbocycles. The van der Waals surface area contributed by atoms with Gasteiger partial charge in [0.05, 0.1) is 17.6 Å². The van der Waals surface area contributed by atoms with Crippen molar-refractivity contribution in [3.8, 4) is 0 Å². The van der Waals surface area contributed by atoms with Crippen molar-refractivity contribution in [1.82, 2.24) is 4.31 Å². The van der Waals surface area contributed by atoms with Crippen LogP contribution < -0.4 is 0 Å². The van der Waals surface area contributed by atoms with Gasteiger partial charge in [-0.2, -0.15) is 4.31 Å². The van der Waals surface area contributed by atoms with Gasteiger partial charge in [-0.3, -0.25) is 0 Å². The Morgan fingerprint density at radius 2 is 2.00 bits per heavy atom. The highest BCUT2D eigenvalue weighted by Gasteiger charge is 2.31. The number of piperidine rings is 1. The number of methoxy groups -OCH3 is 1. The van der Waals surface area contributed by atoms with Crippen molar-refractivity contribution in [2.45, 2.75) is 37.4 Å². The third-order valence-corrected chi connectivity index (χ3v) is 6.20. The zero-order valence-corrected chi connectivity index (χ0v) is 13.7. The Bertz CT molecular complexity index is 610. The molecule has 1 saturated heterocycles. The standard InChI is InChI=1S/C14H20ClNO4S/c1-10-11(9-17)7-12(15)8-14(10)21(18,19)16-5-3-13(20-2)4-6-16/h7-8,13,17H,3-6,9H2,1-2H3. The molecule has 0 radical (unpaired) electrons. The lowest BCUT2D eigenvalue weighted by Gasteiger charge is -2.31. The molecule has 1 heterocycles. The Balaban J connectivity index is 2.34. The second-order valence-electron chi connectivity index (χ2n) is 5.19. The summed E-state index contributed by atoms with van der Waals surface area (Å²) in [5.41, 5.74) is 1.09. The molecule has 1 N–H and O–H groups in total. The summed E-state index contributed by atoms with van der Waals surface area (Å²) in [5.74, 6) is 0. The van der Waals surface area contributed by atoms with E-state index in [4.69, 9.17) is 16.3 Å². The maximum absolute atomic E-state index is 12.8. The molecular formula is C14H20ClNO4S. The van der Waals surface area contributed by atoms with Gasteiger partial charge in [0.15, 0.2) is 0 Å². The SMILES string of the molecule is COC1CCN(S(=O)(=O)c2cc(Cl)cc(CO)c2C)CC1. The van der Waals surface area contributed by atoms with Crippen LogP contribution in [0.25, 0.3) is 0 Å². The third-order valence-electron chi connectivity index (χ3n) is 3.95. The van der Waals surface area contributed by atoms with Gasteiger partial charge >= 0.3 is 0 Å². The minimum Gasteiger partial charge on any atom is -0.392 e. The first-order chi connectivity index (χ1) is 9.90. The average Bonchev–Trinajstić information content (AvgIpc) is 2.49. The van der Waals surface area contributed by atoms with Crippen LogP contribution in [0.15, 0.2) is 17.0 Å². The largest absolute Gasteiger partial charge is 0.392 e. The van der Waals surface area contributed by atoms with Crippen LogP contribution in [0.4, 0.5) is 0 Å². The molecular weight excluding hydrogens is 314 g/mol. The summed E-state index contributed by atoms with van der Waals surface area (Å²) in [6.45, 7) is 2.32. The average molecular weight is 334 g/mol. The fourth-order valence-corrected chi connectivity index (χ4v) is 4.66. The number of halogens is 1. The van der Waals surface area contributed by atoms with E-state index in [1.807, 2.05) is 0 Å². The fourth-order valence-electron chi connectivity index (χ4n) is 2.59. The van der Waals surface area contributed by atoms with Crippen LogP contribution in [0.1, 0.15) is 24.0 Å². The molecule has 2 rings (SSSR count). The van der Waals surface area contributed by atoms with Gasteiger partial charge in [0.1, 0.15) is 0 Å². The quantitative estimate of drug-likeness (QED) is 0.914. The molecule has 1 aromatic rings. The first-order valence-corrected chi connectivity index (χ1v) is 8.64. The lowest BCUT2D eigenvalue weighted by atomic mass is 10.1. The van der Waals surface area contributed by atoms with Gasteiger partial charge in [-0.15, -0.1) is 0 Å². The summed E-state index contributed by atoms with van der Waals surface area (Å²) in [7, 11) is -1.95. The van der Waals surface area contributed by atoms with Crippen LogP contribution in [0.5, 0.6) is 0 Å². The molecule has 1 aliphatic heterocycles. The zero-order chi connectivity index (χ0) is 15.6. The lowest BCUT2D eigenvalue weighted by molar-refractivity contribution is 0.0604. The highest BCUT2D eigenvalue weighted by molar-refractivity contribution is 7.89. The summed E-state index contributed by atoms with van der Waals surface area (Å²) >= 11 is 5.98. The van der Waals surface area contributed by atoms with E-state index < -0.39 is 10.0 Å². The van der Waals surface area contributed by atoms with Gasteiger partial charge in [0, 0.05) is 25.2 Å². The van der Waals surface area contributed by atoms with E-state index in [2.05, 4.69) is 0 Å². The monoisotopic (exact) mass is 333 g/mol. The van der Waals surface area contributed by atoms with Crippen LogP contribution in [-0.4, -0.2) is 44.1 Å². The van der Waals surface area contributed by atoms with Crippen molar-refractivity contribution in [2.75, 3.05) is 20.2 Å². The Labute approximate surface area is 130 Å². The minimum absolute atomic E-state index is 0.116. The van der Waals surface area contributed by atoms with Crippen LogP contribution in [0, 0.1) is 6.92 Å². The molecule has 1 aromatic carbocycles. The van der Waals surface area contributed by atoms with Gasteiger partial charge in [-0.1, -0.05) is 11.6 Å². The molecule has 0 amide bonds. The molecule has 0 unspecified atom stereocenters. The van der Waals surface area contributed by atoms with Gasteiger partial charge in [-0.05, 0) is 43.0 Å². The highest BCUT2D eigenvalue weighted by atomic mass is 35.5. The van der Waals surface area contributed by atoms with E-state index in [9.17, 15) is 13.5 Å². The molecule has 1 fully saturated rings. The Kier molecular flexibility index (Phi) is 5.27. The number of benzene rings is 1. The smallest absolute Gasteiger partial charge is 0.243 e.